The molecule has 10 aliphatic rings. The van der Waals surface area contributed by atoms with Gasteiger partial charge in [-0.15, -0.1) is 0 Å². The van der Waals surface area contributed by atoms with Crippen LogP contribution in [0, 0.1) is 0 Å². The maximum atomic E-state index is 13.1. The molecule has 10 heterocycles. The van der Waals surface area contributed by atoms with Crippen LogP contribution >= 0.6 is 0 Å². The number of hydrogen-bond acceptors (Lipinski definition) is 50. The molecule has 0 aromatic rings. The van der Waals surface area contributed by atoms with E-state index in [4.69, 9.17) is 85.3 Å². The number of aliphatic hydroxyl groups excluding tert-OH is 30. The van der Waals surface area contributed by atoms with Gasteiger partial charge in [0.2, 0.25) is 11.8 Å². The van der Waals surface area contributed by atoms with Crippen LogP contribution in [0.4, 0.5) is 0 Å². The van der Waals surface area contributed by atoms with Crippen LogP contribution in [-0.4, -0.2) is 525 Å². The van der Waals surface area contributed by atoms with Crippen molar-refractivity contribution in [1.82, 2.24) is 10.6 Å². The van der Waals surface area contributed by atoms with Crippen molar-refractivity contribution in [3.8, 4) is 0 Å². The molecule has 0 bridgehead atoms. The monoisotopic (exact) mass is 1710 g/mol. The van der Waals surface area contributed by atoms with E-state index >= 15 is 0 Å². The normalized spacial score (nSPS) is 51.6. The third-order valence-corrected chi connectivity index (χ3v) is 21.4. The lowest BCUT2D eigenvalue weighted by atomic mass is 9.93. The van der Waals surface area contributed by atoms with E-state index in [-0.39, 0.29) is 0 Å². The lowest BCUT2D eigenvalue weighted by molar-refractivity contribution is -0.400. The highest BCUT2D eigenvalue weighted by Gasteiger charge is 2.62. The zero-order valence-corrected chi connectivity index (χ0v) is 62.1. The SMILES string of the molecule is CC(=O)N[C@H]1[C@H](O[C@H]2[C@@H](O)[C@@H](CO)O[C@@H](O[C@H]3[C@H](O)[C@@H](O)C(O)O[C@@H]3CO)[C@@H]2O)O[C@H](CO)[C@@H](O[C@@H]2O[C@@H](C)[C@@H](O)[C@@H](O)[C@@H]2O)[C@@H]1O[C@@H]1O[C@H](CO)[C@H](O)[C@H](O)[C@H]1O[C@@H]1O[C@@H](C)[C@@H](O)[C@@H](O)[C@@H]1O.CC(=O)N[C@H]1[C@H](O[C@H]2[C@@H](O)[C@@H](CO)O[C@@H](O[C@H]3[C@H](O)[C@@H](O)C(O)O[C@@H]3CO)[C@@H]2O)O[C@H](CO)[C@@H](O[C@@H]2O[C@H](CO)[C@H](O)[C@H](O)[C@H]2O)[C@@H]1O. The Balaban J connectivity index is 0.000000282. The second-order valence-electron chi connectivity index (χ2n) is 29.3. The molecule has 32 N–H and O–H groups in total. The molecule has 0 aromatic carbocycles. The number of rotatable bonds is 26. The first-order valence-corrected chi connectivity index (χ1v) is 36.9. The van der Waals surface area contributed by atoms with Gasteiger partial charge in [0, 0.05) is 13.8 Å². The first-order valence-electron chi connectivity index (χ1n) is 36.9. The predicted molar refractivity (Wildman–Crippen MR) is 353 cm³/mol. The van der Waals surface area contributed by atoms with Crippen LogP contribution in [0.1, 0.15) is 27.7 Å². The van der Waals surface area contributed by atoms with Crippen molar-refractivity contribution in [1.29, 1.82) is 0 Å². The van der Waals surface area contributed by atoms with Gasteiger partial charge in [-0.2, -0.15) is 0 Å². The molecule has 2 amide bonds. The second kappa shape index (κ2) is 42.1. The van der Waals surface area contributed by atoms with Gasteiger partial charge in [0.25, 0.3) is 0 Å². The van der Waals surface area contributed by atoms with Gasteiger partial charge in [-0.25, -0.2) is 0 Å². The Kier molecular flexibility index (Phi) is 35.2. The van der Waals surface area contributed by atoms with E-state index < -0.39 is 372 Å². The molecule has 0 aliphatic carbocycles. The largest absolute Gasteiger partial charge is 0.394 e. The lowest BCUT2D eigenvalue weighted by Gasteiger charge is -2.52. The second-order valence-corrected chi connectivity index (χ2v) is 29.3. The van der Waals surface area contributed by atoms with Gasteiger partial charge in [-0.3, -0.25) is 9.59 Å². The highest BCUT2D eigenvalue weighted by molar-refractivity contribution is 5.73. The average molecular weight is 1710 g/mol. The number of aliphatic hydroxyl groups is 30. The molecule has 0 saturated carbocycles. The van der Waals surface area contributed by atoms with Gasteiger partial charge in [0.05, 0.1) is 65.1 Å². The van der Waals surface area contributed by atoms with Crippen LogP contribution < -0.4 is 10.6 Å². The molecule has 10 fully saturated rings. The highest BCUT2D eigenvalue weighted by Crippen LogP contribution is 2.41. The van der Waals surface area contributed by atoms with Crippen LogP contribution in [-0.2, 0) is 94.9 Å². The Bertz CT molecular complexity index is 2990. The Morgan fingerprint density at radius 1 is 0.224 bits per heavy atom. The first-order chi connectivity index (χ1) is 54.8. The number of nitrogens with one attached hydrogen (secondary N) is 2. The summed E-state index contributed by atoms with van der Waals surface area (Å²) in [6.07, 6.45) is -87.4. The lowest BCUT2D eigenvalue weighted by Crippen LogP contribution is -2.71. The summed E-state index contributed by atoms with van der Waals surface area (Å²) in [4.78, 5) is 25.2. The van der Waals surface area contributed by atoms with E-state index in [0.29, 0.717) is 0 Å². The number of amides is 2. The number of carbonyl (C=O) groups is 2. The van der Waals surface area contributed by atoms with Crippen LogP contribution in [0.5, 0.6) is 0 Å². The minimum absolute atomic E-state index is 0.755. The summed E-state index contributed by atoms with van der Waals surface area (Å²) in [6.45, 7) is -2.73. The van der Waals surface area contributed by atoms with Gasteiger partial charge >= 0.3 is 0 Å². The summed E-state index contributed by atoms with van der Waals surface area (Å²) in [5.74, 6) is -1.65. The number of ether oxygens (including phenoxy) is 18. The summed E-state index contributed by atoms with van der Waals surface area (Å²) in [7, 11) is 0. The van der Waals surface area contributed by atoms with Crippen molar-refractivity contribution in [2.75, 3.05) is 52.9 Å². The molecule has 10 saturated heterocycles. The van der Waals surface area contributed by atoms with Crippen molar-refractivity contribution < 1.29 is 248 Å². The summed E-state index contributed by atoms with van der Waals surface area (Å²) in [5, 5.41) is 320. The van der Waals surface area contributed by atoms with Gasteiger partial charge in [-0.05, 0) is 13.8 Å². The fourth-order valence-electron chi connectivity index (χ4n) is 14.7. The standard InChI is InChI=1S/C38H65NO29.C26H45NO21/c1-8-16(45)20(49)25(54)35(58-8)65-29-14(7-43)63-34(67-31-19(48)12(5-41)61-37(27(31)56)64-28-13(6-42)60-33(57)24(53)23(28)52)15(39-10(3)44)30(29)66-38-32(22(51)18(47)11(4-40)62-38)68-36-26(55)21(50)17(46)9(2)59-36;1-6(32)27-11-14(35)20(46-25-18(39)15(36)12(33)7(2-28)43-25)10(5-31)45-24(11)48-22-13(34)8(3-29)44-26(19(22)40)47-21-9(4-30)42-23(41)17(38)16(21)37/h8-9,11-38,40-43,45-57H,4-7H2,1-3H3,(H,39,44);7-26,28-31,33-41H,2-5H2,1H3,(H,27,32)/t8-,9-,11+,12+,13+,14+,15+,16+,17+,18-,19-,20+,21+,22-,23+,24+,25-,26-,27+,28+,29+,30+,31-,32+,33?,34-,35-,36-,37-,38-;7-,8-,9-,10-,11-,12+,13+,14-,15+,16-,17-,18-,19-,20-,21-,22+,23?,24+,25+,26+/m01/s1. The van der Waals surface area contributed by atoms with Gasteiger partial charge in [0.1, 0.15) is 232 Å². The summed E-state index contributed by atoms with van der Waals surface area (Å²) >= 11 is 0. The van der Waals surface area contributed by atoms with E-state index in [1.54, 1.807) is 0 Å². The van der Waals surface area contributed by atoms with Crippen LogP contribution in [0.3, 0.4) is 0 Å². The smallest absolute Gasteiger partial charge is 0.217 e. The van der Waals surface area contributed by atoms with E-state index in [2.05, 4.69) is 10.6 Å². The minimum Gasteiger partial charge on any atom is -0.394 e. The zero-order chi connectivity index (χ0) is 85.8. The fourth-order valence-corrected chi connectivity index (χ4v) is 14.7. The van der Waals surface area contributed by atoms with Crippen molar-refractivity contribution in [2.24, 2.45) is 0 Å². The molecule has 676 valence electrons. The molecular weight excluding hydrogens is 1600 g/mol. The summed E-state index contributed by atoms with van der Waals surface area (Å²) < 4.78 is 102. The minimum atomic E-state index is -2.19. The zero-order valence-electron chi connectivity index (χ0n) is 62.1. The topological polar surface area (TPSA) is 831 Å². The van der Waals surface area contributed by atoms with Crippen molar-refractivity contribution in [2.45, 2.75) is 335 Å². The van der Waals surface area contributed by atoms with E-state index in [1.807, 2.05) is 0 Å². The third-order valence-electron chi connectivity index (χ3n) is 21.4. The fraction of sp³-hybridized carbons (Fsp3) is 0.969. The molecule has 116 heavy (non-hydrogen) atoms. The Labute approximate surface area is 656 Å². The molecule has 50 atom stereocenters. The van der Waals surface area contributed by atoms with Crippen LogP contribution in [0.2, 0.25) is 0 Å². The Hall–Kier alpha value is -2.98. The Morgan fingerprint density at radius 3 is 0.871 bits per heavy atom. The van der Waals surface area contributed by atoms with Crippen molar-refractivity contribution in [3.05, 3.63) is 0 Å². The highest BCUT2D eigenvalue weighted by atomic mass is 16.8. The Morgan fingerprint density at radius 2 is 0.483 bits per heavy atom. The number of hydrogen-bond donors (Lipinski definition) is 32. The quantitative estimate of drug-likeness (QED) is 0.0382. The maximum Gasteiger partial charge on any atom is 0.217 e. The maximum absolute atomic E-state index is 13.1. The van der Waals surface area contributed by atoms with Crippen molar-refractivity contribution in [3.63, 3.8) is 0 Å². The van der Waals surface area contributed by atoms with Gasteiger partial charge < -0.3 is 249 Å². The molecule has 0 aromatic heterocycles. The van der Waals surface area contributed by atoms with Gasteiger partial charge in [0.15, 0.2) is 62.9 Å². The molecule has 52 heteroatoms. The first kappa shape index (κ1) is 96.8. The average Bonchev–Trinajstić information content (AvgIpc) is 0.753. The molecule has 52 nitrogen and oxygen atoms in total. The molecular formula is C64H110N2O50. The van der Waals surface area contributed by atoms with Crippen LogP contribution in [0.15, 0.2) is 0 Å². The summed E-state index contributed by atoms with van der Waals surface area (Å²) in [6, 6.07) is -3.47. The van der Waals surface area contributed by atoms with E-state index in [1.165, 1.54) is 13.8 Å². The van der Waals surface area contributed by atoms with Gasteiger partial charge in [-0.1, -0.05) is 0 Å². The van der Waals surface area contributed by atoms with Crippen LogP contribution in [0.25, 0.3) is 0 Å². The molecule has 10 aliphatic heterocycles. The van der Waals surface area contributed by atoms with Crippen molar-refractivity contribution >= 4 is 11.8 Å². The van der Waals surface area contributed by atoms with E-state index in [0.717, 1.165) is 13.8 Å². The number of carbonyl (C=O) groups excluding carboxylic acids is 2. The summed E-state index contributed by atoms with van der Waals surface area (Å²) in [5.41, 5.74) is 0. The third kappa shape index (κ3) is 21.0. The molecule has 2 unspecified atom stereocenters. The van der Waals surface area contributed by atoms with E-state index in [9.17, 15) is 163 Å². The molecule has 0 spiro atoms. The molecule has 0 radical (unpaired) electrons. The predicted octanol–water partition coefficient (Wildman–Crippen LogP) is -21.5. The molecule has 10 rings (SSSR count).